The molecule has 1 N–H and O–H groups in total. The molecular weight excluding hydrogens is 414 g/mol. The smallest absolute Gasteiger partial charge is 0.295 e. The lowest BCUT2D eigenvalue weighted by atomic mass is 9.94. The largest absolute Gasteiger partial charge is 0.507 e. The molecule has 0 aromatic heterocycles. The third-order valence-electron chi connectivity index (χ3n) is 5.98. The van der Waals surface area contributed by atoms with Crippen LogP contribution in [0.3, 0.4) is 0 Å². The van der Waals surface area contributed by atoms with Gasteiger partial charge in [-0.2, -0.15) is 0 Å². The maximum absolute atomic E-state index is 13.1. The van der Waals surface area contributed by atoms with Crippen LogP contribution in [0.2, 0.25) is 5.02 Å². The zero-order chi connectivity index (χ0) is 22.0. The number of rotatable bonds is 6. The van der Waals surface area contributed by atoms with Gasteiger partial charge in [-0.25, -0.2) is 0 Å². The summed E-state index contributed by atoms with van der Waals surface area (Å²) in [5, 5.41) is 11.7. The molecule has 1 saturated carbocycles. The average Bonchev–Trinajstić information content (AvgIpc) is 3.40. The molecule has 0 bridgehead atoms. The van der Waals surface area contributed by atoms with E-state index in [0.717, 1.165) is 37.7 Å². The van der Waals surface area contributed by atoms with Crippen LogP contribution >= 0.6 is 11.6 Å². The van der Waals surface area contributed by atoms with Gasteiger partial charge in [0.2, 0.25) is 0 Å². The first-order valence-electron chi connectivity index (χ1n) is 10.8. The molecule has 162 valence electrons. The predicted molar refractivity (Wildman–Crippen MR) is 120 cm³/mol. The van der Waals surface area contributed by atoms with Crippen molar-refractivity contribution in [1.82, 2.24) is 4.90 Å². The lowest BCUT2D eigenvalue weighted by Crippen LogP contribution is -2.37. The first-order chi connectivity index (χ1) is 15.0. The number of aliphatic hydroxyl groups is 1. The molecule has 2 aromatic rings. The molecule has 6 heteroatoms. The van der Waals surface area contributed by atoms with E-state index in [-0.39, 0.29) is 17.4 Å². The van der Waals surface area contributed by atoms with Crippen molar-refractivity contribution in [2.75, 3.05) is 6.61 Å². The Balaban J connectivity index is 1.78. The SMILES string of the molecule is CCCOc1ccc(/C(O)=C2/C(=O)C(=O)N(C3CCCC3)C2c2ccc(Cl)cc2)cc1. The van der Waals surface area contributed by atoms with E-state index in [1.165, 1.54) is 0 Å². The molecule has 0 radical (unpaired) electrons. The summed E-state index contributed by atoms with van der Waals surface area (Å²) in [6.07, 6.45) is 4.68. The molecule has 1 atom stereocenters. The highest BCUT2D eigenvalue weighted by Gasteiger charge is 2.49. The number of hydrogen-bond donors (Lipinski definition) is 1. The van der Waals surface area contributed by atoms with Gasteiger partial charge in [-0.15, -0.1) is 0 Å². The second kappa shape index (κ2) is 9.15. The lowest BCUT2D eigenvalue weighted by molar-refractivity contribution is -0.141. The van der Waals surface area contributed by atoms with Gasteiger partial charge in [0.05, 0.1) is 18.2 Å². The Labute approximate surface area is 187 Å². The third-order valence-corrected chi connectivity index (χ3v) is 6.24. The van der Waals surface area contributed by atoms with Crippen LogP contribution in [-0.2, 0) is 9.59 Å². The topological polar surface area (TPSA) is 66.8 Å². The number of ether oxygens (including phenoxy) is 1. The van der Waals surface area contributed by atoms with Crippen LogP contribution < -0.4 is 4.74 Å². The van der Waals surface area contributed by atoms with Crippen molar-refractivity contribution in [3.05, 3.63) is 70.3 Å². The summed E-state index contributed by atoms with van der Waals surface area (Å²) in [7, 11) is 0. The van der Waals surface area contributed by atoms with E-state index in [1.807, 2.05) is 19.1 Å². The molecule has 1 unspecified atom stereocenters. The van der Waals surface area contributed by atoms with Crippen molar-refractivity contribution in [1.29, 1.82) is 0 Å². The fraction of sp³-hybridized carbons (Fsp3) is 0.360. The summed E-state index contributed by atoms with van der Waals surface area (Å²) in [5.41, 5.74) is 1.37. The summed E-state index contributed by atoms with van der Waals surface area (Å²) in [4.78, 5) is 27.8. The first-order valence-corrected chi connectivity index (χ1v) is 11.2. The Morgan fingerprint density at radius 2 is 1.71 bits per heavy atom. The van der Waals surface area contributed by atoms with Crippen molar-refractivity contribution in [2.45, 2.75) is 51.1 Å². The molecule has 1 saturated heterocycles. The van der Waals surface area contributed by atoms with Gasteiger partial charge in [-0.3, -0.25) is 9.59 Å². The number of likely N-dealkylation sites (tertiary alicyclic amines) is 1. The Morgan fingerprint density at radius 1 is 1.06 bits per heavy atom. The molecule has 2 aromatic carbocycles. The normalized spacial score (nSPS) is 21.1. The fourth-order valence-corrected chi connectivity index (χ4v) is 4.59. The minimum Gasteiger partial charge on any atom is -0.507 e. The molecule has 0 spiro atoms. The van der Waals surface area contributed by atoms with E-state index in [2.05, 4.69) is 0 Å². The van der Waals surface area contributed by atoms with Crippen LogP contribution in [0.5, 0.6) is 5.75 Å². The minimum absolute atomic E-state index is 0.00718. The van der Waals surface area contributed by atoms with E-state index in [4.69, 9.17) is 16.3 Å². The number of halogens is 1. The Kier molecular flexibility index (Phi) is 6.33. The van der Waals surface area contributed by atoms with Gasteiger partial charge in [-0.1, -0.05) is 43.5 Å². The summed E-state index contributed by atoms with van der Waals surface area (Å²) in [6.45, 7) is 2.63. The second-order valence-electron chi connectivity index (χ2n) is 8.07. The van der Waals surface area contributed by atoms with Crippen LogP contribution in [0.1, 0.15) is 56.2 Å². The predicted octanol–water partition coefficient (Wildman–Crippen LogP) is 5.49. The number of nitrogens with zero attached hydrogens (tertiary/aromatic N) is 1. The highest BCUT2D eigenvalue weighted by Crippen LogP contribution is 2.43. The van der Waals surface area contributed by atoms with E-state index in [9.17, 15) is 14.7 Å². The number of carbonyl (C=O) groups is 2. The summed E-state index contributed by atoms with van der Waals surface area (Å²) in [6, 6.07) is 13.4. The van der Waals surface area contributed by atoms with E-state index in [1.54, 1.807) is 41.3 Å². The highest BCUT2D eigenvalue weighted by molar-refractivity contribution is 6.46. The number of aliphatic hydroxyl groups excluding tert-OH is 1. The monoisotopic (exact) mass is 439 g/mol. The maximum atomic E-state index is 13.1. The van der Waals surface area contributed by atoms with Crippen LogP contribution in [-0.4, -0.2) is 34.3 Å². The molecular formula is C25H26ClNO4. The molecule has 1 aliphatic heterocycles. The lowest BCUT2D eigenvalue weighted by Gasteiger charge is -2.30. The fourth-order valence-electron chi connectivity index (χ4n) is 4.47. The molecule has 2 fully saturated rings. The molecule has 2 aliphatic rings. The van der Waals surface area contributed by atoms with Crippen LogP contribution in [0, 0.1) is 0 Å². The number of carbonyl (C=O) groups excluding carboxylic acids is 2. The minimum atomic E-state index is -0.643. The molecule has 31 heavy (non-hydrogen) atoms. The third kappa shape index (κ3) is 4.19. The standard InChI is InChI=1S/C25H26ClNO4/c1-2-15-31-20-13-9-17(10-14-20)23(28)21-22(16-7-11-18(26)12-8-16)27(25(30)24(21)29)19-5-3-4-6-19/h7-14,19,22,28H,2-6,15H2,1H3/b23-21-. The summed E-state index contributed by atoms with van der Waals surface area (Å²) >= 11 is 6.06. The Bertz CT molecular complexity index is 991. The Hall–Kier alpha value is -2.79. The van der Waals surface area contributed by atoms with Crippen molar-refractivity contribution in [2.24, 2.45) is 0 Å². The summed E-state index contributed by atoms with van der Waals surface area (Å²) < 4.78 is 5.60. The first kappa shape index (κ1) is 21.4. The van der Waals surface area contributed by atoms with Gasteiger partial charge in [0.15, 0.2) is 0 Å². The number of Topliss-reactive ketones (excluding diaryl/α,β-unsaturated/α-hetero) is 1. The van der Waals surface area contributed by atoms with Crippen molar-refractivity contribution in [3.63, 3.8) is 0 Å². The molecule has 4 rings (SSSR count). The van der Waals surface area contributed by atoms with Gasteiger partial charge in [-0.05, 0) is 61.2 Å². The van der Waals surface area contributed by atoms with Crippen LogP contribution in [0.4, 0.5) is 0 Å². The highest BCUT2D eigenvalue weighted by atomic mass is 35.5. The van der Waals surface area contributed by atoms with Crippen LogP contribution in [0.25, 0.3) is 5.76 Å². The molecule has 5 nitrogen and oxygen atoms in total. The van der Waals surface area contributed by atoms with Crippen LogP contribution in [0.15, 0.2) is 54.1 Å². The number of ketones is 1. The quantitative estimate of drug-likeness (QED) is 0.367. The molecule has 1 heterocycles. The van der Waals surface area contributed by atoms with Gasteiger partial charge < -0.3 is 14.7 Å². The maximum Gasteiger partial charge on any atom is 0.295 e. The van der Waals surface area contributed by atoms with Crippen molar-refractivity contribution < 1.29 is 19.4 Å². The van der Waals surface area contributed by atoms with Crippen molar-refractivity contribution >= 4 is 29.1 Å². The number of hydrogen-bond acceptors (Lipinski definition) is 4. The average molecular weight is 440 g/mol. The Morgan fingerprint density at radius 3 is 2.32 bits per heavy atom. The number of benzene rings is 2. The molecule has 1 amide bonds. The second-order valence-corrected chi connectivity index (χ2v) is 8.51. The van der Waals surface area contributed by atoms with E-state index >= 15 is 0 Å². The van der Waals surface area contributed by atoms with Crippen molar-refractivity contribution in [3.8, 4) is 5.75 Å². The van der Waals surface area contributed by atoms with Gasteiger partial charge >= 0.3 is 0 Å². The summed E-state index contributed by atoms with van der Waals surface area (Å²) in [5.74, 6) is -0.660. The van der Waals surface area contributed by atoms with Gasteiger partial charge in [0.25, 0.3) is 11.7 Å². The van der Waals surface area contributed by atoms with E-state index < -0.39 is 17.7 Å². The molecule has 1 aliphatic carbocycles. The zero-order valence-corrected chi connectivity index (χ0v) is 18.3. The van der Waals surface area contributed by atoms with E-state index in [0.29, 0.717) is 22.9 Å². The number of amides is 1. The van der Waals surface area contributed by atoms with Gasteiger partial charge in [0, 0.05) is 16.6 Å². The van der Waals surface area contributed by atoms with Gasteiger partial charge in [0.1, 0.15) is 11.5 Å². The zero-order valence-electron chi connectivity index (χ0n) is 17.5.